The third-order valence-corrected chi connectivity index (χ3v) is 5.09. The van der Waals surface area contributed by atoms with Gasteiger partial charge in [-0.1, -0.05) is 22.0 Å². The summed E-state index contributed by atoms with van der Waals surface area (Å²) >= 11 is 3.35. The van der Waals surface area contributed by atoms with E-state index in [1.165, 1.54) is 0 Å². The lowest BCUT2D eigenvalue weighted by Gasteiger charge is -2.30. The van der Waals surface area contributed by atoms with Crippen LogP contribution in [-0.4, -0.2) is 46.6 Å². The first-order valence-corrected chi connectivity index (χ1v) is 9.70. The van der Waals surface area contributed by atoms with Gasteiger partial charge in [0.1, 0.15) is 29.0 Å². The Labute approximate surface area is 164 Å². The number of nitrogens with one attached hydrogen (secondary N) is 1. The number of carbonyl (C=O) groups is 2. The van der Waals surface area contributed by atoms with E-state index < -0.39 is 17.9 Å². The molecule has 2 aliphatic rings. The summed E-state index contributed by atoms with van der Waals surface area (Å²) in [5, 5.41) is 3.48. The largest absolute Gasteiger partial charge is 0.493 e. The Kier molecular flexibility index (Phi) is 5.91. The molecule has 2 aliphatic heterocycles. The van der Waals surface area contributed by atoms with Gasteiger partial charge in [0.25, 0.3) is 11.8 Å². The highest BCUT2D eigenvalue weighted by molar-refractivity contribution is 9.09. The number of ether oxygens (including phenoxy) is 1. The summed E-state index contributed by atoms with van der Waals surface area (Å²) in [5.74, 6) is 2.77. The van der Waals surface area contributed by atoms with E-state index in [4.69, 9.17) is 4.74 Å². The van der Waals surface area contributed by atoms with Gasteiger partial charge in [0.2, 0.25) is 0 Å². The van der Waals surface area contributed by atoms with E-state index >= 15 is 0 Å². The van der Waals surface area contributed by atoms with Gasteiger partial charge in [-0.15, -0.1) is 0 Å². The van der Waals surface area contributed by atoms with Crippen molar-refractivity contribution in [2.45, 2.75) is 31.7 Å². The number of rotatable bonds is 6. The number of piperidine rings is 1. The molecule has 7 nitrogen and oxygen atoms in total. The van der Waals surface area contributed by atoms with Crippen LogP contribution < -0.4 is 10.1 Å². The summed E-state index contributed by atoms with van der Waals surface area (Å²) in [6.07, 6.45) is 2.28. The van der Waals surface area contributed by atoms with E-state index in [1.54, 1.807) is 30.1 Å². The first-order valence-electron chi connectivity index (χ1n) is 8.58. The Morgan fingerprint density at radius 1 is 1.19 bits per heavy atom. The van der Waals surface area contributed by atoms with E-state index in [2.05, 4.69) is 21.2 Å². The number of nitrogens with zero attached hydrogens (tertiary/aromatic N) is 1. The van der Waals surface area contributed by atoms with Gasteiger partial charge in [0.15, 0.2) is 0 Å². The Morgan fingerprint density at radius 2 is 2.00 bits per heavy atom. The summed E-state index contributed by atoms with van der Waals surface area (Å²) < 4.78 is 5.72. The fraction of sp³-hybridized carbons (Fsp3) is 0.368. The van der Waals surface area contributed by atoms with Crippen LogP contribution in [0.5, 0.6) is 5.75 Å². The number of fused-ring (bicyclic) bond motifs is 1. The summed E-state index contributed by atoms with van der Waals surface area (Å²) in [7, 11) is 0. The number of unbranched alkanes of at least 4 members (excludes halogenated alkanes) is 1. The van der Waals surface area contributed by atoms with Crippen molar-refractivity contribution in [2.24, 2.45) is 0 Å². The molecule has 1 aromatic rings. The number of allylic oxidation sites excluding steroid dienone is 1. The van der Waals surface area contributed by atoms with E-state index in [0.717, 1.165) is 23.1 Å². The highest BCUT2D eigenvalue weighted by atomic mass is 79.9. The Morgan fingerprint density at radius 3 is 2.70 bits per heavy atom. The van der Waals surface area contributed by atoms with Crippen molar-refractivity contribution in [2.75, 3.05) is 11.9 Å². The predicted molar refractivity (Wildman–Crippen MR) is 100 cm³/mol. The standard InChI is InChI=1S/C19H17BrN2O5/c20-8-1-2-9-27-16-5-3-4-13-17(16)19(26)22(18(13)25)15-7-6-12(10-23)21-14(15)11-24/h3-5,15,21H,1-2,6-9H2. The summed E-state index contributed by atoms with van der Waals surface area (Å²) in [4.78, 5) is 49.0. The minimum absolute atomic E-state index is 0.0195. The average molecular weight is 433 g/mol. The molecule has 0 bridgehead atoms. The van der Waals surface area contributed by atoms with Crippen molar-refractivity contribution in [3.05, 3.63) is 40.7 Å². The number of benzene rings is 1. The molecule has 140 valence electrons. The van der Waals surface area contributed by atoms with Crippen LogP contribution in [0.4, 0.5) is 0 Å². The lowest BCUT2D eigenvalue weighted by molar-refractivity contribution is 0.0592. The second-order valence-electron chi connectivity index (χ2n) is 6.18. The van der Waals surface area contributed by atoms with Crippen molar-refractivity contribution in [1.29, 1.82) is 0 Å². The quantitative estimate of drug-likeness (QED) is 0.320. The zero-order valence-electron chi connectivity index (χ0n) is 14.4. The van der Waals surface area contributed by atoms with Crippen LogP contribution in [0.3, 0.4) is 0 Å². The van der Waals surface area contributed by atoms with Gasteiger partial charge < -0.3 is 10.1 Å². The zero-order chi connectivity index (χ0) is 19.4. The molecule has 1 unspecified atom stereocenters. The van der Waals surface area contributed by atoms with Gasteiger partial charge in [-0.2, -0.15) is 0 Å². The maximum atomic E-state index is 13.0. The molecule has 1 N–H and O–H groups in total. The molecule has 0 saturated carbocycles. The van der Waals surface area contributed by atoms with Crippen molar-refractivity contribution >= 4 is 39.6 Å². The predicted octanol–water partition coefficient (Wildman–Crippen LogP) is 2.02. The van der Waals surface area contributed by atoms with Crippen LogP contribution in [0, 0.1) is 0 Å². The first kappa shape index (κ1) is 19.1. The number of hydrogen-bond acceptors (Lipinski definition) is 6. The van der Waals surface area contributed by atoms with E-state index in [0.29, 0.717) is 12.4 Å². The van der Waals surface area contributed by atoms with Gasteiger partial charge >= 0.3 is 0 Å². The van der Waals surface area contributed by atoms with Crippen LogP contribution in [0.1, 0.15) is 46.4 Å². The fourth-order valence-corrected chi connectivity index (χ4v) is 3.61. The van der Waals surface area contributed by atoms with Crippen LogP contribution >= 0.6 is 15.9 Å². The van der Waals surface area contributed by atoms with Gasteiger partial charge in [0.05, 0.1) is 23.8 Å². The highest BCUT2D eigenvalue weighted by Gasteiger charge is 2.44. The van der Waals surface area contributed by atoms with Crippen molar-refractivity contribution in [3.8, 4) is 5.75 Å². The minimum atomic E-state index is -0.798. The Hall–Kier alpha value is -2.66. The van der Waals surface area contributed by atoms with E-state index in [-0.39, 0.29) is 35.4 Å². The molecule has 1 saturated heterocycles. The maximum absolute atomic E-state index is 13.0. The second-order valence-corrected chi connectivity index (χ2v) is 6.97. The molecule has 0 spiro atoms. The number of halogens is 1. The molecular formula is C19H17BrN2O5. The van der Waals surface area contributed by atoms with Gasteiger partial charge in [-0.3, -0.25) is 14.5 Å². The third-order valence-electron chi connectivity index (χ3n) is 4.53. The van der Waals surface area contributed by atoms with Crippen molar-refractivity contribution in [3.63, 3.8) is 0 Å². The average Bonchev–Trinajstić information content (AvgIpc) is 2.96. The molecule has 0 aromatic heterocycles. The molecule has 1 atom stereocenters. The normalized spacial score (nSPS) is 18.7. The molecule has 27 heavy (non-hydrogen) atoms. The molecule has 8 heteroatoms. The lowest BCUT2D eigenvalue weighted by Crippen LogP contribution is -2.46. The molecule has 1 aromatic carbocycles. The van der Waals surface area contributed by atoms with Gasteiger partial charge in [0, 0.05) is 11.8 Å². The summed E-state index contributed by atoms with van der Waals surface area (Å²) in [6, 6.07) is 4.09. The highest BCUT2D eigenvalue weighted by Crippen LogP contribution is 2.35. The number of imide groups is 1. The molecule has 3 rings (SSSR count). The Bertz CT molecular complexity index is 884. The minimum Gasteiger partial charge on any atom is -0.493 e. The molecule has 0 aliphatic carbocycles. The molecule has 2 heterocycles. The molecule has 2 amide bonds. The zero-order valence-corrected chi connectivity index (χ0v) is 16.0. The summed E-state index contributed by atoms with van der Waals surface area (Å²) in [5.41, 5.74) is 0.647. The maximum Gasteiger partial charge on any atom is 0.265 e. The van der Waals surface area contributed by atoms with Gasteiger partial charge in [-0.05, 0) is 31.4 Å². The van der Waals surface area contributed by atoms with Crippen LogP contribution in [-0.2, 0) is 9.59 Å². The second kappa shape index (κ2) is 8.35. The summed E-state index contributed by atoms with van der Waals surface area (Å²) in [6.45, 7) is 0.432. The van der Waals surface area contributed by atoms with Crippen molar-refractivity contribution in [1.82, 2.24) is 10.2 Å². The number of hydrogen-bond donors (Lipinski definition) is 1. The first-order chi connectivity index (χ1) is 13.1. The van der Waals surface area contributed by atoms with E-state index in [1.807, 2.05) is 0 Å². The Balaban J connectivity index is 1.88. The van der Waals surface area contributed by atoms with Crippen LogP contribution in [0.25, 0.3) is 0 Å². The monoisotopic (exact) mass is 432 g/mol. The fourth-order valence-electron chi connectivity index (χ4n) is 3.22. The SMILES string of the molecule is O=C=C1CCC(N2C(=O)c3cccc(OCCCCBr)c3C2=O)C(=C=O)N1. The number of amides is 2. The number of alkyl halides is 1. The third kappa shape index (κ3) is 3.60. The van der Waals surface area contributed by atoms with Crippen molar-refractivity contribution < 1.29 is 23.9 Å². The van der Waals surface area contributed by atoms with Crippen LogP contribution in [0.15, 0.2) is 29.6 Å². The molecular weight excluding hydrogens is 416 g/mol. The van der Waals surface area contributed by atoms with Gasteiger partial charge in [-0.25, -0.2) is 9.59 Å². The molecule has 0 radical (unpaired) electrons. The van der Waals surface area contributed by atoms with E-state index in [9.17, 15) is 19.2 Å². The molecule has 1 fully saturated rings. The van der Waals surface area contributed by atoms with Crippen LogP contribution in [0.2, 0.25) is 0 Å². The smallest absolute Gasteiger partial charge is 0.265 e. The lowest BCUT2D eigenvalue weighted by atomic mass is 10.0. The number of carbonyl (C=O) groups excluding carboxylic acids is 4. The topological polar surface area (TPSA) is 92.8 Å².